The van der Waals surface area contributed by atoms with Crippen LogP contribution in [-0.2, 0) is 9.53 Å². The zero-order valence-corrected chi connectivity index (χ0v) is 13.4. The predicted octanol–water partition coefficient (Wildman–Crippen LogP) is 1.72. The normalized spacial score (nSPS) is 18.9. The second kappa shape index (κ2) is 8.25. The first-order valence-electron chi connectivity index (χ1n) is 8.04. The van der Waals surface area contributed by atoms with Gasteiger partial charge in [-0.3, -0.25) is 9.78 Å². The molecule has 122 valence electrons. The minimum atomic E-state index is -0.510. The van der Waals surface area contributed by atoms with Crippen molar-refractivity contribution in [2.45, 2.75) is 38.7 Å². The molecule has 1 aromatic rings. The molecule has 0 radical (unpaired) electrons. The number of hydrogen-bond donors (Lipinski definition) is 2. The lowest BCUT2D eigenvalue weighted by atomic mass is 9.90. The molecule has 22 heavy (non-hydrogen) atoms. The number of aromatic nitrogens is 1. The number of nitrogens with zero attached hydrogens (tertiary/aromatic N) is 1. The van der Waals surface area contributed by atoms with E-state index in [1.807, 2.05) is 32.0 Å². The number of carbonyl (C=O) groups excluding carboxylic acids is 1. The number of amides is 1. The molecular formula is C17H26N2O3. The standard InChI is InChI=1S/C17H26N2O3/c1-12(2)16(14-5-3-4-8-18-14)17(21)19-11-15(20)13-6-9-22-10-7-13/h3-5,8,12-13,15-16,20H,6-7,9-11H2,1-2H3,(H,19,21)/t15-,16+/m0/s1. The van der Waals surface area contributed by atoms with E-state index < -0.39 is 6.10 Å². The van der Waals surface area contributed by atoms with Gasteiger partial charge in [-0.15, -0.1) is 0 Å². The second-order valence-corrected chi connectivity index (χ2v) is 6.24. The molecule has 0 bridgehead atoms. The molecule has 2 rings (SSSR count). The van der Waals surface area contributed by atoms with E-state index in [1.165, 1.54) is 0 Å². The van der Waals surface area contributed by atoms with Crippen LogP contribution in [0.2, 0.25) is 0 Å². The van der Waals surface area contributed by atoms with Gasteiger partial charge in [0.15, 0.2) is 0 Å². The van der Waals surface area contributed by atoms with Gasteiger partial charge in [0, 0.05) is 26.0 Å². The summed E-state index contributed by atoms with van der Waals surface area (Å²) in [7, 11) is 0. The first-order chi connectivity index (χ1) is 10.6. The van der Waals surface area contributed by atoms with Crippen LogP contribution < -0.4 is 5.32 Å². The van der Waals surface area contributed by atoms with Gasteiger partial charge in [-0.25, -0.2) is 0 Å². The SMILES string of the molecule is CC(C)[C@@H](C(=O)NC[C@H](O)C1CCOCC1)c1ccccn1. The third kappa shape index (κ3) is 4.52. The second-order valence-electron chi connectivity index (χ2n) is 6.24. The van der Waals surface area contributed by atoms with E-state index in [0.29, 0.717) is 19.8 Å². The van der Waals surface area contributed by atoms with Crippen LogP contribution in [0.3, 0.4) is 0 Å². The summed E-state index contributed by atoms with van der Waals surface area (Å²) in [5.41, 5.74) is 0.774. The van der Waals surface area contributed by atoms with Crippen molar-refractivity contribution in [3.05, 3.63) is 30.1 Å². The lowest BCUT2D eigenvalue weighted by Gasteiger charge is -2.27. The smallest absolute Gasteiger partial charge is 0.229 e. The Labute approximate surface area is 132 Å². The monoisotopic (exact) mass is 306 g/mol. The van der Waals surface area contributed by atoms with Crippen LogP contribution in [0, 0.1) is 11.8 Å². The average molecular weight is 306 g/mol. The summed E-state index contributed by atoms with van der Waals surface area (Å²) in [6.07, 6.45) is 2.90. The number of carbonyl (C=O) groups is 1. The number of rotatable bonds is 6. The van der Waals surface area contributed by atoms with Crippen molar-refractivity contribution in [3.63, 3.8) is 0 Å². The number of nitrogens with one attached hydrogen (secondary N) is 1. The van der Waals surface area contributed by atoms with Gasteiger partial charge in [0.1, 0.15) is 0 Å². The lowest BCUT2D eigenvalue weighted by Crippen LogP contribution is -2.41. The maximum atomic E-state index is 12.5. The van der Waals surface area contributed by atoms with Crippen molar-refractivity contribution >= 4 is 5.91 Å². The first-order valence-corrected chi connectivity index (χ1v) is 8.04. The van der Waals surface area contributed by atoms with Crippen molar-refractivity contribution in [2.24, 2.45) is 11.8 Å². The summed E-state index contributed by atoms with van der Waals surface area (Å²) in [6.45, 7) is 5.69. The van der Waals surface area contributed by atoms with Crippen molar-refractivity contribution in [2.75, 3.05) is 19.8 Å². The molecule has 1 saturated heterocycles. The van der Waals surface area contributed by atoms with E-state index in [0.717, 1.165) is 18.5 Å². The Hall–Kier alpha value is -1.46. The Morgan fingerprint density at radius 2 is 2.14 bits per heavy atom. The summed E-state index contributed by atoms with van der Waals surface area (Å²) < 4.78 is 5.30. The summed E-state index contributed by atoms with van der Waals surface area (Å²) in [5.74, 6) is -0.000535. The molecule has 2 heterocycles. The predicted molar refractivity (Wildman–Crippen MR) is 84.4 cm³/mol. The van der Waals surface area contributed by atoms with Gasteiger partial charge in [-0.1, -0.05) is 19.9 Å². The Balaban J connectivity index is 1.91. The van der Waals surface area contributed by atoms with Gasteiger partial charge in [-0.2, -0.15) is 0 Å². The quantitative estimate of drug-likeness (QED) is 0.839. The molecule has 0 unspecified atom stereocenters. The minimum Gasteiger partial charge on any atom is -0.391 e. The Morgan fingerprint density at radius 3 is 2.73 bits per heavy atom. The summed E-state index contributed by atoms with van der Waals surface area (Å²) in [5, 5.41) is 13.1. The third-order valence-electron chi connectivity index (χ3n) is 4.25. The van der Waals surface area contributed by atoms with Crippen LogP contribution in [0.1, 0.15) is 38.3 Å². The highest BCUT2D eigenvalue weighted by Crippen LogP contribution is 2.23. The highest BCUT2D eigenvalue weighted by molar-refractivity contribution is 5.83. The summed E-state index contributed by atoms with van der Waals surface area (Å²) >= 11 is 0. The van der Waals surface area contributed by atoms with Crippen molar-refractivity contribution in [1.82, 2.24) is 10.3 Å². The van der Waals surface area contributed by atoms with Crippen molar-refractivity contribution < 1.29 is 14.6 Å². The molecule has 1 aliphatic heterocycles. The number of aliphatic hydroxyl groups is 1. The molecule has 1 aromatic heterocycles. The molecule has 1 amide bonds. The molecule has 5 heteroatoms. The molecular weight excluding hydrogens is 280 g/mol. The Kier molecular flexibility index (Phi) is 6.34. The Morgan fingerprint density at radius 1 is 1.41 bits per heavy atom. The zero-order valence-electron chi connectivity index (χ0n) is 13.4. The van der Waals surface area contributed by atoms with Crippen molar-refractivity contribution in [1.29, 1.82) is 0 Å². The van der Waals surface area contributed by atoms with Crippen LogP contribution in [0.5, 0.6) is 0 Å². The highest BCUT2D eigenvalue weighted by Gasteiger charge is 2.27. The molecule has 0 saturated carbocycles. The highest BCUT2D eigenvalue weighted by atomic mass is 16.5. The fourth-order valence-corrected chi connectivity index (χ4v) is 2.92. The fraction of sp³-hybridized carbons (Fsp3) is 0.647. The van der Waals surface area contributed by atoms with Gasteiger partial charge in [-0.05, 0) is 36.8 Å². The molecule has 2 atom stereocenters. The molecule has 0 spiro atoms. The number of aliphatic hydroxyl groups excluding tert-OH is 1. The van der Waals surface area contributed by atoms with E-state index in [4.69, 9.17) is 4.74 Å². The van der Waals surface area contributed by atoms with Crippen LogP contribution in [0.4, 0.5) is 0 Å². The third-order valence-corrected chi connectivity index (χ3v) is 4.25. The maximum absolute atomic E-state index is 12.5. The van der Waals surface area contributed by atoms with Crippen molar-refractivity contribution in [3.8, 4) is 0 Å². The Bertz CT molecular complexity index is 458. The minimum absolute atomic E-state index is 0.0696. The van der Waals surface area contributed by atoms with Gasteiger partial charge in [0.05, 0.1) is 17.7 Å². The number of hydrogen-bond acceptors (Lipinski definition) is 4. The van der Waals surface area contributed by atoms with Gasteiger partial charge in [0.25, 0.3) is 0 Å². The van der Waals surface area contributed by atoms with E-state index >= 15 is 0 Å². The molecule has 1 fully saturated rings. The van der Waals surface area contributed by atoms with Gasteiger partial charge < -0.3 is 15.2 Å². The van der Waals surface area contributed by atoms with Crippen LogP contribution in [-0.4, -0.2) is 41.9 Å². The van der Waals surface area contributed by atoms with E-state index in [9.17, 15) is 9.90 Å². The largest absolute Gasteiger partial charge is 0.391 e. The maximum Gasteiger partial charge on any atom is 0.229 e. The molecule has 5 nitrogen and oxygen atoms in total. The van der Waals surface area contributed by atoms with Gasteiger partial charge in [0.2, 0.25) is 5.91 Å². The molecule has 2 N–H and O–H groups in total. The van der Waals surface area contributed by atoms with E-state index in [-0.39, 0.29) is 23.7 Å². The average Bonchev–Trinajstić information content (AvgIpc) is 2.54. The molecule has 1 aliphatic rings. The first kappa shape index (κ1) is 16.9. The van der Waals surface area contributed by atoms with E-state index in [2.05, 4.69) is 10.3 Å². The molecule has 0 aliphatic carbocycles. The topological polar surface area (TPSA) is 71.5 Å². The van der Waals surface area contributed by atoms with Gasteiger partial charge >= 0.3 is 0 Å². The van der Waals surface area contributed by atoms with E-state index in [1.54, 1.807) is 6.20 Å². The fourth-order valence-electron chi connectivity index (χ4n) is 2.92. The summed E-state index contributed by atoms with van der Waals surface area (Å²) in [6, 6.07) is 5.61. The zero-order chi connectivity index (χ0) is 15.9. The van der Waals surface area contributed by atoms with Crippen LogP contribution in [0.25, 0.3) is 0 Å². The number of pyridine rings is 1. The van der Waals surface area contributed by atoms with Crippen LogP contribution in [0.15, 0.2) is 24.4 Å². The lowest BCUT2D eigenvalue weighted by molar-refractivity contribution is -0.124. The molecule has 0 aromatic carbocycles. The summed E-state index contributed by atoms with van der Waals surface area (Å²) in [4.78, 5) is 16.8. The number of ether oxygens (including phenoxy) is 1. The van der Waals surface area contributed by atoms with Crippen LogP contribution >= 0.6 is 0 Å².